The van der Waals surface area contributed by atoms with Crippen LogP contribution in [0.5, 0.6) is 0 Å². The van der Waals surface area contributed by atoms with Gasteiger partial charge in [0.25, 0.3) is 0 Å². The Morgan fingerprint density at radius 2 is 1.84 bits per heavy atom. The van der Waals surface area contributed by atoms with Crippen molar-refractivity contribution in [3.05, 3.63) is 71.4 Å². The lowest BCUT2D eigenvalue weighted by molar-refractivity contribution is 0.234. The smallest absolute Gasteiger partial charge is 0.0670 e. The van der Waals surface area contributed by atoms with E-state index in [4.69, 9.17) is 0 Å². The van der Waals surface area contributed by atoms with Crippen molar-refractivity contribution in [2.45, 2.75) is 25.4 Å². The third-order valence-electron chi connectivity index (χ3n) is 5.85. The summed E-state index contributed by atoms with van der Waals surface area (Å²) in [6.45, 7) is 2.90. The van der Waals surface area contributed by atoms with Gasteiger partial charge >= 0.3 is 0 Å². The molecule has 0 aliphatic carbocycles. The fourth-order valence-electron chi connectivity index (χ4n) is 4.76. The first-order chi connectivity index (χ1) is 12.3. The first-order valence-corrected chi connectivity index (χ1v) is 9.12. The van der Waals surface area contributed by atoms with Gasteiger partial charge in [-0.25, -0.2) is 0 Å². The maximum atomic E-state index is 9.42. The van der Waals surface area contributed by atoms with Gasteiger partial charge in [0, 0.05) is 36.2 Å². The number of nitrogens with zero attached hydrogens (tertiary/aromatic N) is 3. The van der Waals surface area contributed by atoms with E-state index in [1.807, 2.05) is 0 Å². The molecule has 0 spiro atoms. The summed E-state index contributed by atoms with van der Waals surface area (Å²) in [5.41, 5.74) is 5.62. The Morgan fingerprint density at radius 1 is 1.04 bits per heavy atom. The molecule has 3 heteroatoms. The van der Waals surface area contributed by atoms with E-state index in [0.29, 0.717) is 6.04 Å². The number of hydrogen-bond donors (Lipinski definition) is 0. The van der Waals surface area contributed by atoms with Crippen LogP contribution in [0.1, 0.15) is 29.3 Å². The molecule has 2 aromatic carbocycles. The molecule has 1 saturated heterocycles. The van der Waals surface area contributed by atoms with E-state index >= 15 is 0 Å². The Morgan fingerprint density at radius 3 is 2.68 bits per heavy atom. The maximum absolute atomic E-state index is 9.42. The molecule has 2 aliphatic rings. The first kappa shape index (κ1) is 14.7. The zero-order valence-corrected chi connectivity index (χ0v) is 14.2. The van der Waals surface area contributed by atoms with Crippen LogP contribution >= 0.6 is 0 Å². The standard InChI is InChI=1S/C22H21N3/c23-13-17-12-21-22-19(10-11-24(21)14-17)18-8-4-5-9-20(18)25(22)15-16-6-2-1-3-7-16/h1-9,17,21H,10-12,14-15H2/t17-,21+/m0/s1. The highest BCUT2D eigenvalue weighted by Crippen LogP contribution is 2.44. The van der Waals surface area contributed by atoms with Crippen LogP contribution in [-0.4, -0.2) is 22.6 Å². The van der Waals surface area contributed by atoms with Crippen LogP contribution in [0, 0.1) is 17.2 Å². The monoisotopic (exact) mass is 327 g/mol. The molecule has 2 atom stereocenters. The Labute approximate surface area is 148 Å². The molecule has 124 valence electrons. The Balaban J connectivity index is 1.69. The van der Waals surface area contributed by atoms with Crippen LogP contribution in [0.25, 0.3) is 10.9 Å². The molecule has 0 N–H and O–H groups in total. The van der Waals surface area contributed by atoms with Crippen LogP contribution in [-0.2, 0) is 13.0 Å². The minimum absolute atomic E-state index is 0.166. The summed E-state index contributed by atoms with van der Waals surface area (Å²) in [7, 11) is 0. The predicted molar refractivity (Wildman–Crippen MR) is 99.2 cm³/mol. The fraction of sp³-hybridized carbons (Fsp3) is 0.318. The summed E-state index contributed by atoms with van der Waals surface area (Å²) in [5.74, 6) is 0.166. The van der Waals surface area contributed by atoms with Gasteiger partial charge in [0.05, 0.1) is 18.0 Å². The van der Waals surface area contributed by atoms with Crippen molar-refractivity contribution in [1.29, 1.82) is 5.26 Å². The lowest BCUT2D eigenvalue weighted by Gasteiger charge is -2.31. The number of nitriles is 1. The van der Waals surface area contributed by atoms with Crippen LogP contribution in [0.15, 0.2) is 54.6 Å². The normalized spacial score (nSPS) is 22.5. The number of fused-ring (bicyclic) bond motifs is 5. The number of aromatic nitrogens is 1. The Kier molecular flexibility index (Phi) is 3.39. The Hall–Kier alpha value is -2.57. The molecule has 1 aromatic heterocycles. The second kappa shape index (κ2) is 5.75. The molecule has 0 amide bonds. The summed E-state index contributed by atoms with van der Waals surface area (Å²) in [5, 5.41) is 10.8. The number of hydrogen-bond acceptors (Lipinski definition) is 2. The van der Waals surface area contributed by atoms with Crippen molar-refractivity contribution in [2.75, 3.05) is 13.1 Å². The molecular formula is C22H21N3. The van der Waals surface area contributed by atoms with Gasteiger partial charge in [-0.3, -0.25) is 4.90 Å². The minimum atomic E-state index is 0.166. The molecule has 0 unspecified atom stereocenters. The predicted octanol–water partition coefficient (Wildman–Crippen LogP) is 4.13. The fourth-order valence-corrected chi connectivity index (χ4v) is 4.76. The van der Waals surface area contributed by atoms with Crippen molar-refractivity contribution >= 4 is 10.9 Å². The summed E-state index contributed by atoms with van der Waals surface area (Å²) in [6, 6.07) is 22.4. The largest absolute Gasteiger partial charge is 0.338 e. The van der Waals surface area contributed by atoms with Crippen molar-refractivity contribution in [2.24, 2.45) is 5.92 Å². The molecule has 0 bridgehead atoms. The van der Waals surface area contributed by atoms with Gasteiger partial charge in [-0.15, -0.1) is 0 Å². The topological polar surface area (TPSA) is 32.0 Å². The van der Waals surface area contributed by atoms with Crippen molar-refractivity contribution in [1.82, 2.24) is 9.47 Å². The summed E-state index contributed by atoms with van der Waals surface area (Å²) < 4.78 is 2.51. The summed E-state index contributed by atoms with van der Waals surface area (Å²) in [4.78, 5) is 2.52. The number of para-hydroxylation sites is 1. The van der Waals surface area contributed by atoms with Gasteiger partial charge in [-0.1, -0.05) is 48.5 Å². The molecule has 3 nitrogen and oxygen atoms in total. The summed E-state index contributed by atoms with van der Waals surface area (Å²) >= 11 is 0. The van der Waals surface area contributed by atoms with Crippen LogP contribution in [0.2, 0.25) is 0 Å². The molecule has 5 rings (SSSR count). The van der Waals surface area contributed by atoms with Crippen molar-refractivity contribution in [3.63, 3.8) is 0 Å². The highest BCUT2D eigenvalue weighted by atomic mass is 15.2. The van der Waals surface area contributed by atoms with Crippen LogP contribution in [0.4, 0.5) is 0 Å². The summed E-state index contributed by atoms with van der Waals surface area (Å²) in [6.07, 6.45) is 2.06. The first-order valence-electron chi connectivity index (χ1n) is 9.12. The molecule has 0 radical (unpaired) electrons. The zero-order chi connectivity index (χ0) is 16.8. The number of rotatable bonds is 2. The van der Waals surface area contributed by atoms with Gasteiger partial charge in [-0.05, 0) is 30.0 Å². The van der Waals surface area contributed by atoms with E-state index < -0.39 is 0 Å². The van der Waals surface area contributed by atoms with Crippen molar-refractivity contribution < 1.29 is 0 Å². The lowest BCUT2D eigenvalue weighted by atomic mass is 9.96. The number of benzene rings is 2. The minimum Gasteiger partial charge on any atom is -0.338 e. The molecule has 3 aromatic rings. The highest BCUT2D eigenvalue weighted by Gasteiger charge is 2.39. The van der Waals surface area contributed by atoms with Crippen LogP contribution < -0.4 is 0 Å². The third-order valence-corrected chi connectivity index (χ3v) is 5.85. The van der Waals surface area contributed by atoms with E-state index in [0.717, 1.165) is 32.5 Å². The molecule has 0 saturated carbocycles. The lowest BCUT2D eigenvalue weighted by Crippen LogP contribution is -2.32. The van der Waals surface area contributed by atoms with Gasteiger partial charge in [0.2, 0.25) is 0 Å². The average Bonchev–Trinajstić information content (AvgIpc) is 3.22. The zero-order valence-electron chi connectivity index (χ0n) is 14.2. The third kappa shape index (κ3) is 2.29. The van der Waals surface area contributed by atoms with Gasteiger partial charge in [0.1, 0.15) is 0 Å². The molecule has 3 heterocycles. The van der Waals surface area contributed by atoms with Gasteiger partial charge in [0.15, 0.2) is 0 Å². The molecule has 2 aliphatic heterocycles. The quantitative estimate of drug-likeness (QED) is 0.709. The van der Waals surface area contributed by atoms with E-state index in [-0.39, 0.29) is 5.92 Å². The van der Waals surface area contributed by atoms with Gasteiger partial charge < -0.3 is 4.57 Å². The molecule has 25 heavy (non-hydrogen) atoms. The average molecular weight is 327 g/mol. The highest BCUT2D eigenvalue weighted by molar-refractivity contribution is 5.86. The van der Waals surface area contributed by atoms with E-state index in [9.17, 15) is 5.26 Å². The van der Waals surface area contributed by atoms with E-state index in [2.05, 4.69) is 70.1 Å². The Bertz CT molecular complexity index is 964. The second-order valence-electron chi connectivity index (χ2n) is 7.28. The molecule has 1 fully saturated rings. The SMILES string of the molecule is N#C[C@@H]1C[C@@H]2c3c(c4ccccc4n3Cc3ccccc3)CCN2C1. The van der Waals surface area contributed by atoms with E-state index in [1.165, 1.54) is 27.7 Å². The molecular weight excluding hydrogens is 306 g/mol. The van der Waals surface area contributed by atoms with Gasteiger partial charge in [-0.2, -0.15) is 5.26 Å². The van der Waals surface area contributed by atoms with E-state index in [1.54, 1.807) is 0 Å². The maximum Gasteiger partial charge on any atom is 0.0670 e. The van der Waals surface area contributed by atoms with Crippen LogP contribution in [0.3, 0.4) is 0 Å². The second-order valence-corrected chi connectivity index (χ2v) is 7.28. The van der Waals surface area contributed by atoms with Crippen molar-refractivity contribution in [3.8, 4) is 6.07 Å².